The van der Waals surface area contributed by atoms with Crippen molar-refractivity contribution in [1.82, 2.24) is 35.7 Å². The van der Waals surface area contributed by atoms with Crippen LogP contribution in [0.25, 0.3) is 17.1 Å². The van der Waals surface area contributed by atoms with Gasteiger partial charge in [0.1, 0.15) is 6.33 Å². The molecule has 1 atom stereocenters. The first-order chi connectivity index (χ1) is 10.7. The molecule has 2 heterocycles. The van der Waals surface area contributed by atoms with Gasteiger partial charge in [0, 0.05) is 17.5 Å². The van der Waals surface area contributed by atoms with E-state index in [0.29, 0.717) is 34.4 Å². The Hall–Kier alpha value is -2.32. The Bertz CT molecular complexity index is 756. The van der Waals surface area contributed by atoms with Crippen LogP contribution in [0.5, 0.6) is 0 Å². The molecule has 0 fully saturated rings. The molecule has 0 aliphatic heterocycles. The van der Waals surface area contributed by atoms with Crippen LogP contribution in [0.15, 0.2) is 29.0 Å². The van der Waals surface area contributed by atoms with Gasteiger partial charge in [-0.2, -0.15) is 9.67 Å². The van der Waals surface area contributed by atoms with Crippen molar-refractivity contribution in [1.29, 1.82) is 0 Å². The van der Waals surface area contributed by atoms with E-state index in [1.165, 1.54) is 11.0 Å². The van der Waals surface area contributed by atoms with Gasteiger partial charge in [-0.05, 0) is 42.6 Å². The molecular formula is C13H14ClN7O. The first kappa shape index (κ1) is 14.6. The van der Waals surface area contributed by atoms with E-state index < -0.39 is 0 Å². The second-order valence-electron chi connectivity index (χ2n) is 4.83. The Morgan fingerprint density at radius 3 is 3.00 bits per heavy atom. The summed E-state index contributed by atoms with van der Waals surface area (Å²) in [4.78, 5) is 4.42. The van der Waals surface area contributed by atoms with E-state index in [1.807, 2.05) is 14.0 Å². The minimum absolute atomic E-state index is 0.254. The molecule has 0 aliphatic carbocycles. The van der Waals surface area contributed by atoms with Crippen LogP contribution in [0, 0.1) is 0 Å². The molecule has 1 aromatic carbocycles. The number of tetrazole rings is 1. The molecule has 0 saturated heterocycles. The van der Waals surface area contributed by atoms with E-state index in [4.69, 9.17) is 16.1 Å². The van der Waals surface area contributed by atoms with Crippen molar-refractivity contribution in [3.05, 3.63) is 35.4 Å². The molecule has 22 heavy (non-hydrogen) atoms. The molecular weight excluding hydrogens is 306 g/mol. The van der Waals surface area contributed by atoms with Crippen LogP contribution in [0.1, 0.15) is 12.7 Å². The maximum Gasteiger partial charge on any atom is 0.260 e. The van der Waals surface area contributed by atoms with Gasteiger partial charge < -0.3 is 9.84 Å². The second-order valence-corrected chi connectivity index (χ2v) is 5.26. The van der Waals surface area contributed by atoms with Gasteiger partial charge in [0.25, 0.3) is 5.89 Å². The first-order valence-corrected chi connectivity index (χ1v) is 7.08. The predicted molar refractivity (Wildman–Crippen MR) is 79.7 cm³/mol. The number of rotatable bonds is 5. The number of benzene rings is 1. The van der Waals surface area contributed by atoms with Crippen LogP contribution in [0.3, 0.4) is 0 Å². The molecule has 0 radical (unpaired) electrons. The van der Waals surface area contributed by atoms with Crippen molar-refractivity contribution in [2.24, 2.45) is 0 Å². The van der Waals surface area contributed by atoms with Gasteiger partial charge >= 0.3 is 0 Å². The maximum atomic E-state index is 6.08. The van der Waals surface area contributed by atoms with Gasteiger partial charge in [-0.15, -0.1) is 5.10 Å². The first-order valence-electron chi connectivity index (χ1n) is 6.70. The predicted octanol–water partition coefficient (Wildman–Crippen LogP) is 1.52. The molecule has 0 bridgehead atoms. The fourth-order valence-corrected chi connectivity index (χ4v) is 2.15. The van der Waals surface area contributed by atoms with Crippen LogP contribution in [-0.2, 0) is 6.42 Å². The third-order valence-corrected chi connectivity index (χ3v) is 3.47. The molecule has 3 aromatic rings. The summed E-state index contributed by atoms with van der Waals surface area (Å²) in [5.74, 6) is 1.01. The highest BCUT2D eigenvalue weighted by molar-refractivity contribution is 6.31. The van der Waals surface area contributed by atoms with Gasteiger partial charge in [0.15, 0.2) is 5.82 Å². The quantitative estimate of drug-likeness (QED) is 0.761. The zero-order valence-corrected chi connectivity index (χ0v) is 12.8. The number of halogens is 1. The molecule has 1 unspecified atom stereocenters. The number of hydrogen-bond acceptors (Lipinski definition) is 7. The zero-order chi connectivity index (χ0) is 15.5. The average molecular weight is 320 g/mol. The minimum atomic E-state index is 0.254. The highest BCUT2D eigenvalue weighted by atomic mass is 35.5. The van der Waals surface area contributed by atoms with Crippen LogP contribution >= 0.6 is 11.6 Å². The van der Waals surface area contributed by atoms with Gasteiger partial charge in [-0.3, -0.25) is 0 Å². The summed E-state index contributed by atoms with van der Waals surface area (Å²) in [7, 11) is 1.89. The Labute approximate surface area is 131 Å². The van der Waals surface area contributed by atoms with Crippen molar-refractivity contribution < 1.29 is 4.52 Å². The van der Waals surface area contributed by atoms with Gasteiger partial charge in [-0.25, -0.2) is 0 Å². The standard InChI is InChI=1S/C13H14ClN7O/c1-8(15-2)5-12-17-13(22-18-12)10-6-9(14)3-4-11(10)21-7-16-19-20-21/h3-4,6-8,15H,5H2,1-2H3. The third kappa shape index (κ3) is 2.97. The van der Waals surface area contributed by atoms with Crippen molar-refractivity contribution in [2.75, 3.05) is 7.05 Å². The highest BCUT2D eigenvalue weighted by Gasteiger charge is 2.16. The topological polar surface area (TPSA) is 94.6 Å². The lowest BCUT2D eigenvalue weighted by molar-refractivity contribution is 0.418. The van der Waals surface area contributed by atoms with Crippen LogP contribution in [-0.4, -0.2) is 43.4 Å². The highest BCUT2D eigenvalue weighted by Crippen LogP contribution is 2.28. The minimum Gasteiger partial charge on any atom is -0.334 e. The number of aromatic nitrogens is 6. The lowest BCUT2D eigenvalue weighted by Gasteiger charge is -2.05. The molecule has 1 N–H and O–H groups in total. The maximum absolute atomic E-state index is 6.08. The number of nitrogens with one attached hydrogen (secondary N) is 1. The van der Waals surface area contributed by atoms with Crippen molar-refractivity contribution in [3.8, 4) is 17.1 Å². The molecule has 3 rings (SSSR count). The van der Waals surface area contributed by atoms with Gasteiger partial charge in [0.05, 0.1) is 11.3 Å². The zero-order valence-electron chi connectivity index (χ0n) is 12.1. The molecule has 9 heteroatoms. The van der Waals surface area contributed by atoms with E-state index in [1.54, 1.807) is 18.2 Å². The Morgan fingerprint density at radius 1 is 1.41 bits per heavy atom. The van der Waals surface area contributed by atoms with Crippen LogP contribution in [0.4, 0.5) is 0 Å². The Morgan fingerprint density at radius 2 is 2.27 bits per heavy atom. The SMILES string of the molecule is CNC(C)Cc1noc(-c2cc(Cl)ccc2-n2cnnn2)n1. The van der Waals surface area contributed by atoms with Gasteiger partial charge in [0.2, 0.25) is 0 Å². The molecule has 0 aliphatic rings. The molecule has 8 nitrogen and oxygen atoms in total. The summed E-state index contributed by atoms with van der Waals surface area (Å²) in [5.41, 5.74) is 1.39. The van der Waals surface area contributed by atoms with E-state index in [2.05, 4.69) is 31.0 Å². The molecule has 2 aromatic heterocycles. The number of likely N-dealkylation sites (N-methyl/N-ethyl adjacent to an activating group) is 1. The second kappa shape index (κ2) is 6.20. The van der Waals surface area contributed by atoms with E-state index >= 15 is 0 Å². The smallest absolute Gasteiger partial charge is 0.260 e. The number of hydrogen-bond donors (Lipinski definition) is 1. The fraction of sp³-hybridized carbons (Fsp3) is 0.308. The van der Waals surface area contributed by atoms with Crippen molar-refractivity contribution in [2.45, 2.75) is 19.4 Å². The Balaban J connectivity index is 1.99. The van der Waals surface area contributed by atoms with Gasteiger partial charge in [-0.1, -0.05) is 16.8 Å². The summed E-state index contributed by atoms with van der Waals surface area (Å²) in [5, 5.41) is 18.9. The van der Waals surface area contributed by atoms with E-state index in [9.17, 15) is 0 Å². The fourth-order valence-electron chi connectivity index (χ4n) is 1.97. The lowest BCUT2D eigenvalue weighted by Crippen LogP contribution is -2.24. The third-order valence-electron chi connectivity index (χ3n) is 3.23. The summed E-state index contributed by atoms with van der Waals surface area (Å²) in [6, 6.07) is 5.55. The molecule has 0 spiro atoms. The number of nitrogens with zero attached hydrogens (tertiary/aromatic N) is 6. The Kier molecular flexibility index (Phi) is 4.12. The van der Waals surface area contributed by atoms with E-state index in [0.717, 1.165) is 0 Å². The lowest BCUT2D eigenvalue weighted by atomic mass is 10.1. The summed E-state index contributed by atoms with van der Waals surface area (Å²) in [6.07, 6.45) is 2.16. The monoisotopic (exact) mass is 319 g/mol. The molecule has 0 amide bonds. The largest absolute Gasteiger partial charge is 0.334 e. The van der Waals surface area contributed by atoms with Crippen LogP contribution < -0.4 is 5.32 Å². The summed E-state index contributed by atoms with van der Waals surface area (Å²) in [6.45, 7) is 2.04. The summed E-state index contributed by atoms with van der Waals surface area (Å²) < 4.78 is 6.88. The van der Waals surface area contributed by atoms with Crippen LogP contribution in [0.2, 0.25) is 5.02 Å². The van der Waals surface area contributed by atoms with Crippen molar-refractivity contribution in [3.63, 3.8) is 0 Å². The summed E-state index contributed by atoms with van der Waals surface area (Å²) >= 11 is 6.08. The van der Waals surface area contributed by atoms with Crippen molar-refractivity contribution >= 4 is 11.6 Å². The molecule has 114 valence electrons. The molecule has 0 saturated carbocycles. The van der Waals surface area contributed by atoms with E-state index in [-0.39, 0.29) is 6.04 Å². The normalized spacial score (nSPS) is 12.5. The average Bonchev–Trinajstić information content (AvgIpc) is 3.18.